The van der Waals surface area contributed by atoms with Crippen LogP contribution in [-0.4, -0.2) is 141 Å². The molecule has 17 nitrogen and oxygen atoms in total. The molecule has 0 aromatic carbocycles. The summed E-state index contributed by atoms with van der Waals surface area (Å²) in [6.45, 7) is 11.8. The standard InChI is InChI=1S/C45H65FN6O11S/c1-11-32-45(8,57)39-25(4)35(50-40(55)27-15-16-27)23(2)18-43(6,59-21-28(20-58-39)51-60-22-34-48-19-31(64-34)29-13-12-14-33(47)49-29)38(26(5)37(54)44(7,46)42(56)62-32)63-41-36(53)30(52(9)10)17-24(3)61-41/h12-14,19,23-27,30,32,36,38-39,41,53,57H,11,15-18,20-22H2,1-10H3,(H2,47,49)/b50-35?,51-28+/t23-,24-,25+,26+,30+,32-,36-,38-,39+,41+,43-,44+,45-/m1/s1. The number of anilines is 1. The molecule has 1 aliphatic carbocycles. The number of nitrogens with zero attached hydrogens (tertiary/aromatic N) is 5. The number of fused-ring (bicyclic) bond motifs is 5. The predicted octanol–water partition coefficient (Wildman–Crippen LogP) is 4.70. The zero-order chi connectivity index (χ0) is 46.9. The number of pyridine rings is 1. The number of aliphatic hydroxyl groups is 2. The largest absolute Gasteiger partial charge is 0.457 e. The molecule has 4 N–H and O–H groups in total. The van der Waals surface area contributed by atoms with E-state index in [1.165, 1.54) is 25.2 Å². The minimum Gasteiger partial charge on any atom is -0.457 e. The van der Waals surface area contributed by atoms with Gasteiger partial charge in [0.15, 0.2) is 18.7 Å². The number of rotatable bonds is 9. The lowest BCUT2D eigenvalue weighted by atomic mass is 9.73. The zero-order valence-electron chi connectivity index (χ0n) is 38.5. The molecule has 13 atom stereocenters. The highest BCUT2D eigenvalue weighted by atomic mass is 32.1. The van der Waals surface area contributed by atoms with E-state index in [0.717, 1.165) is 11.8 Å². The summed E-state index contributed by atoms with van der Waals surface area (Å²) < 4.78 is 49.1. The first kappa shape index (κ1) is 49.6. The lowest BCUT2D eigenvalue weighted by Gasteiger charge is -2.47. The molecule has 19 heteroatoms. The first-order valence-corrected chi connectivity index (χ1v) is 22.9. The monoisotopic (exact) mass is 916 g/mol. The Labute approximate surface area is 378 Å². The molecule has 2 aromatic heterocycles. The number of thiazole rings is 1. The average Bonchev–Trinajstić information content (AvgIpc) is 3.99. The van der Waals surface area contributed by atoms with Gasteiger partial charge < -0.3 is 49.4 Å². The minimum absolute atomic E-state index is 0.00577. The number of carbonyl (C=O) groups excluding carboxylic acids is 3. The van der Waals surface area contributed by atoms with Gasteiger partial charge in [0, 0.05) is 35.7 Å². The topological polar surface area (TPSA) is 227 Å². The number of hydrogen-bond acceptors (Lipinski definition) is 17. The van der Waals surface area contributed by atoms with Crippen molar-refractivity contribution in [2.75, 3.05) is 33.0 Å². The molecule has 5 heterocycles. The van der Waals surface area contributed by atoms with Crippen LogP contribution in [0.2, 0.25) is 0 Å². The molecule has 1 saturated carbocycles. The third kappa shape index (κ3) is 10.9. The Morgan fingerprint density at radius 2 is 1.83 bits per heavy atom. The van der Waals surface area contributed by atoms with Crippen LogP contribution in [0.15, 0.2) is 34.5 Å². The summed E-state index contributed by atoms with van der Waals surface area (Å²) in [5.74, 6) is -5.76. The molecule has 1 amide bonds. The first-order valence-electron chi connectivity index (χ1n) is 22.1. The Morgan fingerprint density at radius 1 is 1.11 bits per heavy atom. The van der Waals surface area contributed by atoms with Crippen LogP contribution in [0.5, 0.6) is 0 Å². The van der Waals surface area contributed by atoms with E-state index < -0.39 is 83.1 Å². The van der Waals surface area contributed by atoms with Gasteiger partial charge in [-0.2, -0.15) is 0 Å². The number of nitrogen functional groups attached to an aromatic ring is 1. The Bertz CT molecular complexity index is 2060. The van der Waals surface area contributed by atoms with E-state index in [1.54, 1.807) is 39.1 Å². The van der Waals surface area contributed by atoms with E-state index in [1.807, 2.05) is 38.9 Å². The lowest BCUT2D eigenvalue weighted by molar-refractivity contribution is -0.296. The molecule has 0 spiro atoms. The van der Waals surface area contributed by atoms with Crippen molar-refractivity contribution in [3.63, 3.8) is 0 Å². The maximum Gasteiger partial charge on any atom is 0.351 e. The molecule has 3 saturated heterocycles. The van der Waals surface area contributed by atoms with Crippen LogP contribution in [0.1, 0.15) is 92.5 Å². The van der Waals surface area contributed by atoms with Gasteiger partial charge >= 0.3 is 5.97 Å². The second-order valence-corrected chi connectivity index (χ2v) is 19.8. The third-order valence-corrected chi connectivity index (χ3v) is 14.0. The van der Waals surface area contributed by atoms with Crippen molar-refractivity contribution in [2.45, 2.75) is 154 Å². The normalized spacial score (nSPS) is 38.3. The summed E-state index contributed by atoms with van der Waals surface area (Å²) in [6.07, 6.45) is -3.44. The Morgan fingerprint density at radius 3 is 2.48 bits per heavy atom. The summed E-state index contributed by atoms with van der Waals surface area (Å²) in [7, 11) is 3.64. The van der Waals surface area contributed by atoms with E-state index in [0.29, 0.717) is 41.5 Å². The minimum atomic E-state index is -3.22. The predicted molar refractivity (Wildman–Crippen MR) is 236 cm³/mol. The maximum atomic E-state index is 17.0. The van der Waals surface area contributed by atoms with Gasteiger partial charge in [-0.05, 0) is 91.9 Å². The molecule has 3 aliphatic heterocycles. The van der Waals surface area contributed by atoms with E-state index >= 15 is 4.39 Å². The lowest BCUT2D eigenvalue weighted by Crippen LogP contribution is -2.61. The fourth-order valence-corrected chi connectivity index (χ4v) is 10.0. The number of ether oxygens (including phenoxy) is 5. The van der Waals surface area contributed by atoms with Gasteiger partial charge in [0.25, 0.3) is 5.67 Å². The van der Waals surface area contributed by atoms with Crippen LogP contribution in [0.4, 0.5) is 10.2 Å². The van der Waals surface area contributed by atoms with Crippen molar-refractivity contribution >= 4 is 46.2 Å². The number of aliphatic hydroxyl groups excluding tert-OH is 1. The number of carbonyl (C=O) groups is 3. The van der Waals surface area contributed by atoms with Gasteiger partial charge in [0.1, 0.15) is 34.3 Å². The summed E-state index contributed by atoms with van der Waals surface area (Å²) in [4.78, 5) is 64.1. The second kappa shape index (κ2) is 20.0. The molecule has 4 aliphatic rings. The van der Waals surface area contributed by atoms with Crippen LogP contribution in [0, 0.1) is 23.7 Å². The number of nitrogens with two attached hydrogens (primary N) is 1. The summed E-state index contributed by atoms with van der Waals surface area (Å²) in [5.41, 5.74) is 0.275. The van der Waals surface area contributed by atoms with Gasteiger partial charge in [-0.15, -0.1) is 11.3 Å². The zero-order valence-corrected chi connectivity index (χ0v) is 39.3. The van der Waals surface area contributed by atoms with Gasteiger partial charge in [-0.3, -0.25) is 9.59 Å². The van der Waals surface area contributed by atoms with Crippen molar-refractivity contribution < 1.29 is 57.5 Å². The summed E-state index contributed by atoms with van der Waals surface area (Å²) >= 11 is 1.34. The number of alkyl halides is 1. The van der Waals surface area contributed by atoms with Gasteiger partial charge in [-0.1, -0.05) is 38.9 Å². The fraction of sp³-hybridized carbons (Fsp3) is 0.711. The Hall–Kier alpha value is -3.82. The Kier molecular flexibility index (Phi) is 15.5. The number of oxime groups is 1. The fourth-order valence-electron chi connectivity index (χ4n) is 9.24. The number of amides is 1. The SMILES string of the molecule is CC[C@H]1OC(=O)[C@@](C)(F)C(=O)[C@H](C)[C@@H](O[C@@H]2O[C@H](C)C[C@H](N(C)C)[C@H]2O)[C@@]2(C)C[C@@H](C)C(=NC(=O)C3CC3)[C@H](C)[C@H](OC/C(=N\OCc3ncc(-c4cccc(N)n4)s3)CO2)[C@]1(C)O. The van der Waals surface area contributed by atoms with E-state index in [2.05, 4.69) is 15.1 Å². The quantitative estimate of drug-likeness (QED) is 0.176. The second-order valence-electron chi connectivity index (χ2n) is 18.7. The summed E-state index contributed by atoms with van der Waals surface area (Å²) in [5, 5.41) is 29.3. The van der Waals surface area contributed by atoms with Gasteiger partial charge in [0.2, 0.25) is 5.91 Å². The van der Waals surface area contributed by atoms with Crippen LogP contribution >= 0.6 is 11.3 Å². The van der Waals surface area contributed by atoms with Gasteiger partial charge in [0.05, 0.1) is 47.7 Å². The number of aliphatic imine (C=N–C) groups is 1. The number of esters is 1. The average molecular weight is 917 g/mol. The number of cyclic esters (lactones) is 1. The molecular formula is C45H65FN6O11S. The molecule has 0 unspecified atom stereocenters. The van der Waals surface area contributed by atoms with E-state index in [-0.39, 0.29) is 56.3 Å². The molecule has 6 rings (SSSR count). The van der Waals surface area contributed by atoms with E-state index in [9.17, 15) is 24.6 Å². The molecule has 0 radical (unpaired) electrons. The van der Waals surface area contributed by atoms with Crippen molar-refractivity contribution in [1.82, 2.24) is 14.9 Å². The number of ketones is 1. The highest BCUT2D eigenvalue weighted by molar-refractivity contribution is 7.15. The van der Waals surface area contributed by atoms with Crippen LogP contribution in [-0.2, 0) is 49.5 Å². The highest BCUT2D eigenvalue weighted by Crippen LogP contribution is 2.42. The smallest absolute Gasteiger partial charge is 0.351 e. The molecule has 354 valence electrons. The van der Waals surface area contributed by atoms with Crippen molar-refractivity contribution in [1.29, 1.82) is 0 Å². The van der Waals surface area contributed by atoms with E-state index in [4.69, 9.17) is 39.2 Å². The first-order chi connectivity index (χ1) is 30.1. The molecule has 4 fully saturated rings. The number of aromatic nitrogens is 2. The van der Waals surface area contributed by atoms with Crippen molar-refractivity contribution in [2.24, 2.45) is 33.8 Å². The van der Waals surface area contributed by atoms with Gasteiger partial charge in [-0.25, -0.2) is 24.1 Å². The maximum absolute atomic E-state index is 17.0. The van der Waals surface area contributed by atoms with Crippen molar-refractivity contribution in [3.8, 4) is 10.6 Å². The van der Waals surface area contributed by atoms with Crippen LogP contribution in [0.25, 0.3) is 10.6 Å². The summed E-state index contributed by atoms with van der Waals surface area (Å²) in [6, 6.07) is 4.90. The highest BCUT2D eigenvalue weighted by Gasteiger charge is 2.57. The molecule has 2 bridgehead atoms. The van der Waals surface area contributed by atoms with Crippen LogP contribution in [0.3, 0.4) is 0 Å². The Balaban J connectivity index is 1.48. The van der Waals surface area contributed by atoms with Crippen molar-refractivity contribution in [3.05, 3.63) is 29.4 Å². The number of halogens is 1. The number of Topliss-reactive ketones (excluding diaryl/α,β-unsaturated/α-hetero) is 1. The molecule has 2 aromatic rings. The third-order valence-electron chi connectivity index (χ3n) is 13.0. The van der Waals surface area contributed by atoms with Crippen LogP contribution < -0.4 is 5.73 Å². The molecular weight excluding hydrogens is 852 g/mol. The number of hydrogen-bond donors (Lipinski definition) is 3. The number of likely N-dealkylation sites (N-methyl/N-ethyl adjacent to an activating group) is 1. The molecule has 64 heavy (non-hydrogen) atoms.